The molecular formula is C14H20N4O2S. The molecule has 0 bridgehead atoms. The summed E-state index contributed by atoms with van der Waals surface area (Å²) in [5, 5.41) is 3.02. The van der Waals surface area contributed by atoms with Crippen molar-refractivity contribution in [2.75, 3.05) is 7.05 Å². The van der Waals surface area contributed by atoms with Gasteiger partial charge >= 0.3 is 0 Å². The number of rotatable bonds is 6. The highest BCUT2D eigenvalue weighted by atomic mass is 32.2. The van der Waals surface area contributed by atoms with Crippen LogP contribution < -0.4 is 10.0 Å². The SMILES string of the molecule is CNCc1ccc(C)c(S(=O)(=O)NCc2nccn2C)c1. The Bertz CT molecular complexity index is 722. The zero-order valence-electron chi connectivity index (χ0n) is 12.4. The van der Waals surface area contributed by atoms with Crippen molar-refractivity contribution in [2.45, 2.75) is 24.9 Å². The van der Waals surface area contributed by atoms with Gasteiger partial charge in [0.2, 0.25) is 10.0 Å². The quantitative estimate of drug-likeness (QED) is 0.832. The first-order valence-corrected chi connectivity index (χ1v) is 8.12. The van der Waals surface area contributed by atoms with E-state index >= 15 is 0 Å². The summed E-state index contributed by atoms with van der Waals surface area (Å²) in [6.07, 6.45) is 3.42. The average molecular weight is 308 g/mol. The van der Waals surface area contributed by atoms with Crippen LogP contribution in [0.5, 0.6) is 0 Å². The van der Waals surface area contributed by atoms with Crippen LogP contribution in [0.25, 0.3) is 0 Å². The van der Waals surface area contributed by atoms with E-state index in [9.17, 15) is 8.42 Å². The molecule has 0 radical (unpaired) electrons. The summed E-state index contributed by atoms with van der Waals surface area (Å²) in [5.74, 6) is 0.669. The average Bonchev–Trinajstić information content (AvgIpc) is 2.84. The second kappa shape index (κ2) is 6.38. The Morgan fingerprint density at radius 1 is 1.29 bits per heavy atom. The molecule has 0 aliphatic carbocycles. The number of hydrogen-bond acceptors (Lipinski definition) is 4. The van der Waals surface area contributed by atoms with Crippen molar-refractivity contribution in [3.63, 3.8) is 0 Å². The molecule has 6 nitrogen and oxygen atoms in total. The monoisotopic (exact) mass is 308 g/mol. The molecule has 0 aliphatic rings. The molecule has 2 aromatic rings. The van der Waals surface area contributed by atoms with E-state index in [1.807, 2.05) is 26.2 Å². The van der Waals surface area contributed by atoms with E-state index in [2.05, 4.69) is 15.0 Å². The van der Waals surface area contributed by atoms with Gasteiger partial charge in [0.25, 0.3) is 0 Å². The number of aromatic nitrogens is 2. The van der Waals surface area contributed by atoms with Crippen molar-refractivity contribution in [2.24, 2.45) is 7.05 Å². The Morgan fingerprint density at radius 2 is 2.05 bits per heavy atom. The van der Waals surface area contributed by atoms with Crippen LogP contribution in [0.3, 0.4) is 0 Å². The summed E-state index contributed by atoms with van der Waals surface area (Å²) in [4.78, 5) is 4.42. The standard InChI is InChI=1S/C14H20N4O2S/c1-11-4-5-12(9-15-2)8-13(11)21(19,20)17-10-14-16-6-7-18(14)3/h4-8,15,17H,9-10H2,1-3H3. The molecule has 0 spiro atoms. The first-order valence-electron chi connectivity index (χ1n) is 6.64. The van der Waals surface area contributed by atoms with Gasteiger partial charge in [0.05, 0.1) is 11.4 Å². The fourth-order valence-corrected chi connectivity index (χ4v) is 3.33. The lowest BCUT2D eigenvalue weighted by molar-refractivity contribution is 0.576. The first kappa shape index (κ1) is 15.7. The van der Waals surface area contributed by atoms with E-state index in [4.69, 9.17) is 0 Å². The number of hydrogen-bond donors (Lipinski definition) is 2. The third-order valence-corrected chi connectivity index (χ3v) is 4.81. The van der Waals surface area contributed by atoms with E-state index in [1.54, 1.807) is 30.0 Å². The molecule has 1 heterocycles. The molecule has 2 N–H and O–H groups in total. The Balaban J connectivity index is 2.22. The van der Waals surface area contributed by atoms with E-state index in [0.29, 0.717) is 17.3 Å². The molecule has 114 valence electrons. The fraction of sp³-hybridized carbons (Fsp3) is 0.357. The van der Waals surface area contributed by atoms with Crippen LogP contribution in [0.2, 0.25) is 0 Å². The molecule has 2 rings (SSSR count). The van der Waals surface area contributed by atoms with Crippen LogP contribution in [0.15, 0.2) is 35.5 Å². The molecule has 7 heteroatoms. The highest BCUT2D eigenvalue weighted by Crippen LogP contribution is 2.17. The van der Waals surface area contributed by atoms with Gasteiger partial charge in [0.1, 0.15) is 5.82 Å². The minimum Gasteiger partial charge on any atom is -0.337 e. The minimum absolute atomic E-state index is 0.168. The van der Waals surface area contributed by atoms with Gasteiger partial charge in [-0.1, -0.05) is 12.1 Å². The molecule has 0 aliphatic heterocycles. The van der Waals surface area contributed by atoms with Crippen LogP contribution in [0.4, 0.5) is 0 Å². The molecule has 0 unspecified atom stereocenters. The van der Waals surface area contributed by atoms with Crippen molar-refractivity contribution in [3.05, 3.63) is 47.5 Å². The van der Waals surface area contributed by atoms with E-state index in [0.717, 1.165) is 11.1 Å². The zero-order chi connectivity index (χ0) is 15.5. The van der Waals surface area contributed by atoms with Gasteiger partial charge in [-0.2, -0.15) is 0 Å². The lowest BCUT2D eigenvalue weighted by Crippen LogP contribution is -2.25. The fourth-order valence-electron chi connectivity index (χ4n) is 2.05. The summed E-state index contributed by atoms with van der Waals surface area (Å²) in [7, 11) is 0.0998. The van der Waals surface area contributed by atoms with Gasteiger partial charge in [-0.05, 0) is 31.2 Å². The van der Waals surface area contributed by atoms with E-state index in [-0.39, 0.29) is 6.54 Å². The largest absolute Gasteiger partial charge is 0.337 e. The maximum Gasteiger partial charge on any atom is 0.241 e. The summed E-state index contributed by atoms with van der Waals surface area (Å²) in [6.45, 7) is 2.59. The lowest BCUT2D eigenvalue weighted by atomic mass is 10.1. The maximum atomic E-state index is 12.4. The molecular weight excluding hydrogens is 288 g/mol. The zero-order valence-corrected chi connectivity index (χ0v) is 13.2. The Morgan fingerprint density at radius 3 is 2.67 bits per heavy atom. The van der Waals surface area contributed by atoms with Crippen LogP contribution in [0.1, 0.15) is 17.0 Å². The van der Waals surface area contributed by atoms with Gasteiger partial charge in [0.15, 0.2) is 0 Å². The summed E-state index contributed by atoms with van der Waals surface area (Å²) in [6, 6.07) is 5.44. The minimum atomic E-state index is -3.56. The molecule has 1 aromatic heterocycles. The van der Waals surface area contributed by atoms with Crippen LogP contribution in [-0.4, -0.2) is 25.0 Å². The Hall–Kier alpha value is -1.70. The summed E-state index contributed by atoms with van der Waals surface area (Å²) >= 11 is 0. The third-order valence-electron chi connectivity index (χ3n) is 3.26. The molecule has 1 aromatic carbocycles. The first-order chi connectivity index (χ1) is 9.94. The van der Waals surface area contributed by atoms with Gasteiger partial charge in [-0.3, -0.25) is 0 Å². The molecule has 0 atom stereocenters. The lowest BCUT2D eigenvalue weighted by Gasteiger charge is -2.11. The predicted molar refractivity (Wildman–Crippen MR) is 81.2 cm³/mol. The number of aryl methyl sites for hydroxylation is 2. The highest BCUT2D eigenvalue weighted by Gasteiger charge is 2.17. The van der Waals surface area contributed by atoms with Gasteiger partial charge in [-0.15, -0.1) is 0 Å². The van der Waals surface area contributed by atoms with Crippen molar-refractivity contribution in [1.82, 2.24) is 19.6 Å². The Labute approximate surface area is 125 Å². The second-order valence-electron chi connectivity index (χ2n) is 4.91. The number of nitrogens with one attached hydrogen (secondary N) is 2. The molecule has 0 saturated heterocycles. The maximum absolute atomic E-state index is 12.4. The van der Waals surface area contributed by atoms with Crippen LogP contribution in [0, 0.1) is 6.92 Å². The number of nitrogens with zero attached hydrogens (tertiary/aromatic N) is 2. The highest BCUT2D eigenvalue weighted by molar-refractivity contribution is 7.89. The molecule has 0 saturated carbocycles. The summed E-state index contributed by atoms with van der Waals surface area (Å²) in [5.41, 5.74) is 1.66. The van der Waals surface area contributed by atoms with Gasteiger partial charge in [0, 0.05) is 26.0 Å². The summed E-state index contributed by atoms with van der Waals surface area (Å²) < 4.78 is 29.3. The number of benzene rings is 1. The van der Waals surface area contributed by atoms with Gasteiger partial charge < -0.3 is 9.88 Å². The molecule has 21 heavy (non-hydrogen) atoms. The number of imidazole rings is 1. The van der Waals surface area contributed by atoms with Crippen molar-refractivity contribution < 1.29 is 8.42 Å². The number of sulfonamides is 1. The second-order valence-corrected chi connectivity index (χ2v) is 6.64. The molecule has 0 fully saturated rings. The predicted octanol–water partition coefficient (Wildman–Crippen LogP) is 0.926. The molecule has 0 amide bonds. The van der Waals surface area contributed by atoms with E-state index < -0.39 is 10.0 Å². The smallest absolute Gasteiger partial charge is 0.241 e. The van der Waals surface area contributed by atoms with Crippen molar-refractivity contribution in [1.29, 1.82) is 0 Å². The topological polar surface area (TPSA) is 76.0 Å². The van der Waals surface area contributed by atoms with Crippen LogP contribution >= 0.6 is 0 Å². The normalized spacial score (nSPS) is 11.8. The van der Waals surface area contributed by atoms with Crippen LogP contribution in [-0.2, 0) is 30.2 Å². The van der Waals surface area contributed by atoms with Gasteiger partial charge in [-0.25, -0.2) is 18.1 Å². The Kier molecular flexibility index (Phi) is 4.76. The van der Waals surface area contributed by atoms with Crippen molar-refractivity contribution in [3.8, 4) is 0 Å². The third kappa shape index (κ3) is 3.69. The van der Waals surface area contributed by atoms with E-state index in [1.165, 1.54) is 0 Å². The van der Waals surface area contributed by atoms with Crippen molar-refractivity contribution >= 4 is 10.0 Å².